The molecule has 1 aliphatic rings. The highest BCUT2D eigenvalue weighted by Gasteiger charge is 2.14. The van der Waals surface area contributed by atoms with E-state index in [0.717, 1.165) is 13.1 Å². The number of rotatable bonds is 9. The minimum Gasteiger partial charge on any atom is -0.313 e. The van der Waals surface area contributed by atoms with Crippen molar-refractivity contribution in [3.8, 4) is 0 Å². The molecule has 2 rings (SSSR count). The van der Waals surface area contributed by atoms with E-state index in [1.807, 2.05) is 0 Å². The van der Waals surface area contributed by atoms with Crippen LogP contribution in [0.2, 0.25) is 0 Å². The van der Waals surface area contributed by atoms with Gasteiger partial charge >= 0.3 is 0 Å². The van der Waals surface area contributed by atoms with Crippen LogP contribution in [0.4, 0.5) is 0 Å². The summed E-state index contributed by atoms with van der Waals surface area (Å²) >= 11 is 0. The molecule has 1 aromatic carbocycles. The molecule has 128 valence electrons. The van der Waals surface area contributed by atoms with E-state index in [2.05, 4.69) is 65.4 Å². The number of nitrogens with one attached hydrogen (secondary N) is 1. The maximum atomic E-state index is 3.56. The highest BCUT2D eigenvalue weighted by atomic mass is 15.3. The second kappa shape index (κ2) is 10.6. The molecule has 0 unspecified atom stereocenters. The van der Waals surface area contributed by atoms with Gasteiger partial charge in [0.1, 0.15) is 0 Å². The first-order valence-electron chi connectivity index (χ1n) is 9.15. The molecule has 3 heteroatoms. The summed E-state index contributed by atoms with van der Waals surface area (Å²) in [5.41, 5.74) is 2.69. The Hall–Kier alpha value is -1.16. The van der Waals surface area contributed by atoms with Crippen molar-refractivity contribution in [1.29, 1.82) is 0 Å². The van der Waals surface area contributed by atoms with E-state index in [1.165, 1.54) is 63.2 Å². The van der Waals surface area contributed by atoms with Crippen molar-refractivity contribution in [1.82, 2.24) is 15.1 Å². The van der Waals surface area contributed by atoms with Gasteiger partial charge in [-0.1, -0.05) is 48.9 Å². The number of unbranched alkanes of at least 4 members (excludes halogenated alkanes) is 1. The van der Waals surface area contributed by atoms with Crippen LogP contribution in [-0.4, -0.2) is 62.2 Å². The van der Waals surface area contributed by atoms with Crippen LogP contribution in [0.15, 0.2) is 35.9 Å². The summed E-state index contributed by atoms with van der Waals surface area (Å²) in [5, 5.41) is 3.56. The Morgan fingerprint density at radius 1 is 1.04 bits per heavy atom. The van der Waals surface area contributed by atoms with Gasteiger partial charge in [-0.15, -0.1) is 0 Å². The van der Waals surface area contributed by atoms with E-state index in [4.69, 9.17) is 0 Å². The smallest absolute Gasteiger partial charge is 0.0165 e. The minimum atomic E-state index is 0.990. The zero-order valence-corrected chi connectivity index (χ0v) is 14.9. The van der Waals surface area contributed by atoms with Gasteiger partial charge in [0.2, 0.25) is 0 Å². The lowest BCUT2D eigenvalue weighted by molar-refractivity contribution is 0.135. The van der Waals surface area contributed by atoms with Gasteiger partial charge in [0, 0.05) is 32.7 Å². The Balaban J connectivity index is 1.50. The van der Waals surface area contributed by atoms with Crippen LogP contribution in [0.5, 0.6) is 0 Å². The lowest BCUT2D eigenvalue weighted by Gasteiger charge is -2.33. The molecule has 1 aliphatic heterocycles. The largest absolute Gasteiger partial charge is 0.313 e. The molecule has 1 N–H and O–H groups in total. The van der Waals surface area contributed by atoms with Crippen LogP contribution < -0.4 is 5.32 Å². The number of likely N-dealkylation sites (N-methyl/N-ethyl adjacent to an activating group) is 1. The first-order chi connectivity index (χ1) is 11.3. The number of hydrogen-bond donors (Lipinski definition) is 1. The standard InChI is InChI=1S/C20H33N3/c1-3-22-13-15-23(16-14-22)12-8-7-11-21-18-19(2)17-20-9-5-4-6-10-20/h4-6,9-10,17,21H,3,7-8,11-16,18H2,1-2H3/b19-17+. The van der Waals surface area contributed by atoms with Gasteiger partial charge in [0.25, 0.3) is 0 Å². The molecule has 1 saturated heterocycles. The maximum absolute atomic E-state index is 3.56. The fraction of sp³-hybridized carbons (Fsp3) is 0.600. The molecule has 0 amide bonds. The van der Waals surface area contributed by atoms with Crippen molar-refractivity contribution in [3.63, 3.8) is 0 Å². The Morgan fingerprint density at radius 3 is 2.43 bits per heavy atom. The topological polar surface area (TPSA) is 18.5 Å². The molecule has 1 aromatic rings. The van der Waals surface area contributed by atoms with E-state index in [-0.39, 0.29) is 0 Å². The summed E-state index contributed by atoms with van der Waals surface area (Å²) in [6, 6.07) is 10.6. The minimum absolute atomic E-state index is 0.990. The SMILES string of the molecule is CCN1CCN(CCCCNC/C(C)=C/c2ccccc2)CC1. The van der Waals surface area contributed by atoms with E-state index in [1.54, 1.807) is 0 Å². The zero-order chi connectivity index (χ0) is 16.3. The van der Waals surface area contributed by atoms with Gasteiger partial charge in [-0.05, 0) is 45.0 Å². The molecule has 1 fully saturated rings. The second-order valence-electron chi connectivity index (χ2n) is 6.56. The Bertz CT molecular complexity index is 447. The summed E-state index contributed by atoms with van der Waals surface area (Å²) in [6.45, 7) is 14.0. The average molecular weight is 316 g/mol. The van der Waals surface area contributed by atoms with Gasteiger partial charge in [-0.3, -0.25) is 0 Å². The fourth-order valence-corrected chi connectivity index (χ4v) is 3.08. The molecule has 0 spiro atoms. The van der Waals surface area contributed by atoms with Crippen molar-refractivity contribution < 1.29 is 0 Å². The number of piperazine rings is 1. The summed E-state index contributed by atoms with van der Waals surface area (Å²) < 4.78 is 0. The van der Waals surface area contributed by atoms with E-state index in [9.17, 15) is 0 Å². The summed E-state index contributed by atoms with van der Waals surface area (Å²) in [6.07, 6.45) is 4.84. The van der Waals surface area contributed by atoms with Crippen LogP contribution in [0.1, 0.15) is 32.3 Å². The normalized spacial score (nSPS) is 17.6. The van der Waals surface area contributed by atoms with Crippen LogP contribution in [0, 0.1) is 0 Å². The van der Waals surface area contributed by atoms with Crippen LogP contribution in [-0.2, 0) is 0 Å². The lowest BCUT2D eigenvalue weighted by Crippen LogP contribution is -2.46. The maximum Gasteiger partial charge on any atom is 0.0165 e. The van der Waals surface area contributed by atoms with Crippen LogP contribution in [0.25, 0.3) is 6.08 Å². The van der Waals surface area contributed by atoms with Crippen molar-refractivity contribution in [2.45, 2.75) is 26.7 Å². The molecule has 0 bridgehead atoms. The first kappa shape index (κ1) is 18.2. The van der Waals surface area contributed by atoms with Gasteiger partial charge < -0.3 is 15.1 Å². The Kier molecular flexibility index (Phi) is 8.37. The van der Waals surface area contributed by atoms with Crippen molar-refractivity contribution in [2.75, 3.05) is 52.4 Å². The van der Waals surface area contributed by atoms with Crippen LogP contribution >= 0.6 is 0 Å². The summed E-state index contributed by atoms with van der Waals surface area (Å²) in [4.78, 5) is 5.16. The molecule has 3 nitrogen and oxygen atoms in total. The van der Waals surface area contributed by atoms with E-state index >= 15 is 0 Å². The first-order valence-corrected chi connectivity index (χ1v) is 9.15. The molecular formula is C20H33N3. The van der Waals surface area contributed by atoms with Gasteiger partial charge in [0.05, 0.1) is 0 Å². The molecule has 0 aliphatic carbocycles. The Labute approximate surface area is 142 Å². The molecule has 0 aromatic heterocycles. The van der Waals surface area contributed by atoms with Crippen molar-refractivity contribution in [3.05, 3.63) is 41.5 Å². The second-order valence-corrected chi connectivity index (χ2v) is 6.56. The fourth-order valence-electron chi connectivity index (χ4n) is 3.08. The quantitative estimate of drug-likeness (QED) is 0.707. The molecule has 0 radical (unpaired) electrons. The third-order valence-corrected chi connectivity index (χ3v) is 4.61. The summed E-state index contributed by atoms with van der Waals surface area (Å²) in [7, 11) is 0. The van der Waals surface area contributed by atoms with Gasteiger partial charge in [-0.2, -0.15) is 0 Å². The summed E-state index contributed by atoms with van der Waals surface area (Å²) in [5.74, 6) is 0. The van der Waals surface area contributed by atoms with Gasteiger partial charge in [-0.25, -0.2) is 0 Å². The number of hydrogen-bond acceptors (Lipinski definition) is 3. The zero-order valence-electron chi connectivity index (χ0n) is 14.9. The predicted molar refractivity (Wildman–Crippen MR) is 101 cm³/mol. The van der Waals surface area contributed by atoms with Crippen molar-refractivity contribution >= 4 is 6.08 Å². The molecular weight excluding hydrogens is 282 g/mol. The van der Waals surface area contributed by atoms with Crippen LogP contribution in [0.3, 0.4) is 0 Å². The molecule has 23 heavy (non-hydrogen) atoms. The predicted octanol–water partition coefficient (Wildman–Crippen LogP) is 3.10. The third kappa shape index (κ3) is 7.30. The van der Waals surface area contributed by atoms with E-state index in [0.29, 0.717) is 0 Å². The third-order valence-electron chi connectivity index (χ3n) is 4.61. The number of benzene rings is 1. The number of nitrogens with zero attached hydrogens (tertiary/aromatic N) is 2. The molecule has 0 atom stereocenters. The molecule has 1 heterocycles. The monoisotopic (exact) mass is 315 g/mol. The van der Waals surface area contributed by atoms with Gasteiger partial charge in [0.15, 0.2) is 0 Å². The van der Waals surface area contributed by atoms with Crippen molar-refractivity contribution in [2.24, 2.45) is 0 Å². The average Bonchev–Trinajstić information content (AvgIpc) is 2.59. The Morgan fingerprint density at radius 2 is 1.74 bits per heavy atom. The highest BCUT2D eigenvalue weighted by molar-refractivity contribution is 5.52. The lowest BCUT2D eigenvalue weighted by atomic mass is 10.1. The van der Waals surface area contributed by atoms with E-state index < -0.39 is 0 Å². The molecule has 0 saturated carbocycles. The highest BCUT2D eigenvalue weighted by Crippen LogP contribution is 2.05.